The van der Waals surface area contributed by atoms with Crippen LogP contribution < -0.4 is 0 Å². The fourth-order valence-electron chi connectivity index (χ4n) is 0. The van der Waals surface area contributed by atoms with Crippen molar-refractivity contribution in [2.24, 2.45) is 0 Å². The van der Waals surface area contributed by atoms with E-state index in [0.717, 1.165) is 0 Å². The molecule has 3 heteroatoms. The Morgan fingerprint density at radius 3 is 1.80 bits per heavy atom. The molecule has 0 spiro atoms. The van der Waals surface area contributed by atoms with Crippen molar-refractivity contribution in [1.29, 1.82) is 0 Å². The summed E-state index contributed by atoms with van der Waals surface area (Å²) in [7, 11) is 0. The molecule has 0 N–H and O–H groups in total. The highest BCUT2D eigenvalue weighted by Gasteiger charge is 1.96. The van der Waals surface area contributed by atoms with Gasteiger partial charge in [-0.1, -0.05) is 15.9 Å². The number of alkyl halides is 1. The number of rotatable bonds is 1. The van der Waals surface area contributed by atoms with E-state index in [1.807, 2.05) is 0 Å². The van der Waals surface area contributed by atoms with Gasteiger partial charge in [-0.25, -0.2) is 0 Å². The van der Waals surface area contributed by atoms with Gasteiger partial charge in [0.05, 0.1) is 5.33 Å². The quantitative estimate of drug-likeness (QED) is 0.492. The first-order chi connectivity index (χ1) is 2.27. The molecule has 0 saturated heterocycles. The van der Waals surface area contributed by atoms with Crippen LogP contribution in [0.25, 0.3) is 0 Å². The molecule has 0 unspecified atom stereocenters. The molecular weight excluding hydrogens is 142 g/mol. The summed E-state index contributed by atoms with van der Waals surface area (Å²) in [6, 6.07) is 0. The van der Waals surface area contributed by atoms with E-state index in [1.54, 1.807) is 0 Å². The van der Waals surface area contributed by atoms with Gasteiger partial charge >= 0.3 is 6.43 Å². The van der Waals surface area contributed by atoms with Crippen molar-refractivity contribution in [2.75, 3.05) is 5.33 Å². The van der Waals surface area contributed by atoms with E-state index < -0.39 is 6.43 Å². The number of hydrogen-bond donors (Lipinski definition) is 0. The van der Waals surface area contributed by atoms with Gasteiger partial charge in [0.2, 0.25) is 0 Å². The van der Waals surface area contributed by atoms with Crippen molar-refractivity contribution in [1.82, 2.24) is 0 Å². The maximum Gasteiger partial charge on any atom is 0.320 e. The molecule has 0 aromatic rings. The highest BCUT2D eigenvalue weighted by Crippen LogP contribution is 2.04. The van der Waals surface area contributed by atoms with E-state index in [4.69, 9.17) is 0 Å². The SMILES string of the molecule is F[C](F)CBr. The second-order valence-electron chi connectivity index (χ2n) is 0.472. The van der Waals surface area contributed by atoms with Gasteiger partial charge < -0.3 is 0 Å². The molecular formula is C2H2BrF2. The minimum absolute atomic E-state index is 0.299. The molecule has 0 aliphatic carbocycles. The van der Waals surface area contributed by atoms with Crippen LogP contribution in [0.3, 0.4) is 0 Å². The van der Waals surface area contributed by atoms with Crippen molar-refractivity contribution < 1.29 is 8.78 Å². The fraction of sp³-hybridized carbons (Fsp3) is 0.500. The Morgan fingerprint density at radius 1 is 1.60 bits per heavy atom. The molecule has 0 heterocycles. The van der Waals surface area contributed by atoms with Crippen LogP contribution in [0.2, 0.25) is 0 Å². The third kappa shape index (κ3) is 4.34. The summed E-state index contributed by atoms with van der Waals surface area (Å²) >= 11 is 2.53. The molecule has 0 atom stereocenters. The van der Waals surface area contributed by atoms with E-state index in [-0.39, 0.29) is 5.33 Å². The molecule has 0 aliphatic rings. The zero-order chi connectivity index (χ0) is 4.28. The van der Waals surface area contributed by atoms with E-state index in [9.17, 15) is 8.78 Å². The molecule has 0 aromatic heterocycles. The normalized spacial score (nSPS) is 9.60. The van der Waals surface area contributed by atoms with E-state index >= 15 is 0 Å². The van der Waals surface area contributed by atoms with Crippen LogP contribution in [0, 0.1) is 6.43 Å². The van der Waals surface area contributed by atoms with Crippen molar-refractivity contribution in [3.8, 4) is 0 Å². The zero-order valence-corrected chi connectivity index (χ0v) is 3.93. The highest BCUT2D eigenvalue weighted by molar-refractivity contribution is 9.09. The van der Waals surface area contributed by atoms with Crippen LogP contribution >= 0.6 is 15.9 Å². The van der Waals surface area contributed by atoms with Crippen LogP contribution in [0.4, 0.5) is 8.78 Å². The molecule has 0 nitrogen and oxygen atoms in total. The number of halogens is 3. The molecule has 0 aromatic carbocycles. The van der Waals surface area contributed by atoms with Gasteiger partial charge in [0, 0.05) is 0 Å². The van der Waals surface area contributed by atoms with E-state index in [2.05, 4.69) is 15.9 Å². The first-order valence-electron chi connectivity index (χ1n) is 0.999. The largest absolute Gasteiger partial charge is 0.320 e. The lowest BCUT2D eigenvalue weighted by molar-refractivity contribution is 0.310. The van der Waals surface area contributed by atoms with Crippen LogP contribution in [0.5, 0.6) is 0 Å². The van der Waals surface area contributed by atoms with Gasteiger partial charge in [0.1, 0.15) is 0 Å². The Bertz CT molecular complexity index is 21.6. The maximum absolute atomic E-state index is 10.6. The van der Waals surface area contributed by atoms with Gasteiger partial charge in [-0.3, -0.25) is 0 Å². The second kappa shape index (κ2) is 2.57. The lowest BCUT2D eigenvalue weighted by Crippen LogP contribution is -1.73. The first kappa shape index (κ1) is 5.34. The summed E-state index contributed by atoms with van der Waals surface area (Å²) < 4.78 is 21.3. The van der Waals surface area contributed by atoms with Gasteiger partial charge in [0.25, 0.3) is 0 Å². The lowest BCUT2D eigenvalue weighted by Gasteiger charge is -1.76. The highest BCUT2D eigenvalue weighted by atomic mass is 79.9. The Kier molecular flexibility index (Phi) is 2.75. The lowest BCUT2D eigenvalue weighted by atomic mass is 10.9. The molecule has 0 rings (SSSR count). The van der Waals surface area contributed by atoms with Crippen molar-refractivity contribution in [3.05, 3.63) is 6.43 Å². The summed E-state index contributed by atoms with van der Waals surface area (Å²) in [6.07, 6.45) is -1.58. The molecule has 31 valence electrons. The predicted molar refractivity (Wildman–Crippen MR) is 19.3 cm³/mol. The minimum Gasteiger partial charge on any atom is -0.199 e. The molecule has 0 aliphatic heterocycles. The maximum atomic E-state index is 10.6. The summed E-state index contributed by atoms with van der Waals surface area (Å²) in [4.78, 5) is 0. The molecule has 0 saturated carbocycles. The van der Waals surface area contributed by atoms with Gasteiger partial charge in [-0.2, -0.15) is 8.78 Å². The fourth-order valence-corrected chi connectivity index (χ4v) is 0. The topological polar surface area (TPSA) is 0 Å². The summed E-state index contributed by atoms with van der Waals surface area (Å²) in [6.45, 7) is 0. The Balaban J connectivity index is 2.54. The molecule has 0 bridgehead atoms. The summed E-state index contributed by atoms with van der Waals surface area (Å²) in [5.41, 5.74) is 0. The standard InChI is InChI=1S/C2H2BrF2/c3-1-2(4)5/h1H2. The van der Waals surface area contributed by atoms with Crippen molar-refractivity contribution in [3.63, 3.8) is 0 Å². The Morgan fingerprint density at radius 2 is 1.80 bits per heavy atom. The predicted octanol–water partition coefficient (Wildman–Crippen LogP) is 1.81. The Hall–Kier alpha value is 0.340. The minimum atomic E-state index is -1.58. The van der Waals surface area contributed by atoms with Gasteiger partial charge in [-0.05, 0) is 0 Å². The molecule has 0 amide bonds. The molecule has 0 fully saturated rings. The van der Waals surface area contributed by atoms with Crippen molar-refractivity contribution in [2.45, 2.75) is 0 Å². The monoisotopic (exact) mass is 143 g/mol. The summed E-state index contributed by atoms with van der Waals surface area (Å²) in [5.74, 6) is 0. The van der Waals surface area contributed by atoms with E-state index in [1.165, 1.54) is 0 Å². The molecule has 5 heavy (non-hydrogen) atoms. The van der Waals surface area contributed by atoms with Gasteiger partial charge in [0.15, 0.2) is 0 Å². The number of hydrogen-bond acceptors (Lipinski definition) is 0. The van der Waals surface area contributed by atoms with E-state index in [0.29, 0.717) is 0 Å². The van der Waals surface area contributed by atoms with Gasteiger partial charge in [-0.15, -0.1) is 0 Å². The van der Waals surface area contributed by atoms with Crippen LogP contribution in [-0.2, 0) is 0 Å². The van der Waals surface area contributed by atoms with Crippen LogP contribution in [0.1, 0.15) is 0 Å². The average Bonchev–Trinajstić information content (AvgIpc) is 1.38. The second-order valence-corrected chi connectivity index (χ2v) is 1.03. The third-order valence-corrected chi connectivity index (χ3v) is 0.525. The van der Waals surface area contributed by atoms with Crippen molar-refractivity contribution >= 4 is 15.9 Å². The first-order valence-corrected chi connectivity index (χ1v) is 2.12. The Labute approximate surface area is 37.3 Å². The van der Waals surface area contributed by atoms with Crippen LogP contribution in [-0.4, -0.2) is 5.33 Å². The smallest absolute Gasteiger partial charge is 0.199 e. The molecule has 1 radical (unpaired) electrons. The average molecular weight is 144 g/mol. The third-order valence-electron chi connectivity index (χ3n) is 0.101. The summed E-state index contributed by atoms with van der Waals surface area (Å²) in [5, 5.41) is -0.299. The zero-order valence-electron chi connectivity index (χ0n) is 2.34. The van der Waals surface area contributed by atoms with Crippen LogP contribution in [0.15, 0.2) is 0 Å².